The topological polar surface area (TPSA) is 134 Å². The zero-order valence-electron chi connectivity index (χ0n) is 25.2. The van der Waals surface area contributed by atoms with Gasteiger partial charge >= 0.3 is 0 Å². The number of anilines is 1. The molecule has 3 fully saturated rings. The predicted molar refractivity (Wildman–Crippen MR) is 171 cm³/mol. The number of carbonyl (C=O) groups is 2. The first-order chi connectivity index (χ1) is 21.9. The maximum Gasteiger partial charge on any atom is 0.255 e. The summed E-state index contributed by atoms with van der Waals surface area (Å²) in [6.07, 6.45) is 10.6. The Hall–Kier alpha value is -3.84. The van der Waals surface area contributed by atoms with E-state index < -0.39 is 6.10 Å². The summed E-state index contributed by atoms with van der Waals surface area (Å²) in [5, 5.41) is 13.6. The number of aliphatic hydroxyl groups is 1. The van der Waals surface area contributed by atoms with Gasteiger partial charge < -0.3 is 20.1 Å². The van der Waals surface area contributed by atoms with Crippen LogP contribution in [0.4, 0.5) is 5.13 Å². The van der Waals surface area contributed by atoms with Crippen LogP contribution in [0.15, 0.2) is 55.1 Å². The van der Waals surface area contributed by atoms with Crippen LogP contribution in [-0.4, -0.2) is 90.6 Å². The molecule has 1 aromatic carbocycles. The number of ether oxygens (including phenoxy) is 1. The van der Waals surface area contributed by atoms with Gasteiger partial charge in [0.15, 0.2) is 11.0 Å². The van der Waals surface area contributed by atoms with E-state index in [1.54, 1.807) is 30.9 Å². The van der Waals surface area contributed by atoms with Crippen molar-refractivity contribution in [2.75, 3.05) is 25.0 Å². The van der Waals surface area contributed by atoms with Crippen molar-refractivity contribution in [1.29, 1.82) is 0 Å². The van der Waals surface area contributed by atoms with E-state index in [0.29, 0.717) is 35.7 Å². The molecule has 1 aliphatic heterocycles. The maximum atomic E-state index is 13.1. The number of nitrogens with one attached hydrogen (secondary N) is 1. The monoisotopic (exact) mass is 627 g/mol. The molecule has 2 amide bonds. The third-order valence-corrected chi connectivity index (χ3v) is 10.3. The normalized spacial score (nSPS) is 25.3. The van der Waals surface area contributed by atoms with E-state index in [2.05, 4.69) is 37.1 Å². The van der Waals surface area contributed by atoms with Crippen molar-refractivity contribution < 1.29 is 19.4 Å². The minimum Gasteiger partial charge on any atom is -0.390 e. The number of hydrogen-bond donors (Lipinski definition) is 2. The Morgan fingerprint density at radius 3 is 2.67 bits per heavy atom. The number of piperazine rings is 1. The Bertz CT molecular complexity index is 1660. The number of carbonyl (C=O) groups excluding carboxylic acids is 2. The molecular weight excluding hydrogens is 590 g/mol. The lowest BCUT2D eigenvalue weighted by Gasteiger charge is -2.49. The second-order valence-corrected chi connectivity index (χ2v) is 13.4. The van der Waals surface area contributed by atoms with E-state index in [1.807, 2.05) is 29.2 Å². The van der Waals surface area contributed by atoms with Gasteiger partial charge in [-0.3, -0.25) is 19.5 Å². The minimum absolute atomic E-state index is 0.0138. The third-order valence-electron chi connectivity index (χ3n) is 9.33. The summed E-state index contributed by atoms with van der Waals surface area (Å²) in [6.45, 7) is 4.59. The third kappa shape index (κ3) is 6.46. The molecule has 234 valence electrons. The molecule has 3 aromatic heterocycles. The largest absolute Gasteiger partial charge is 0.390 e. The summed E-state index contributed by atoms with van der Waals surface area (Å²) in [7, 11) is 0. The van der Waals surface area contributed by atoms with E-state index in [4.69, 9.17) is 4.74 Å². The summed E-state index contributed by atoms with van der Waals surface area (Å²) in [5.41, 5.74) is 3.31. The number of nitrogens with zero attached hydrogens (tertiary/aromatic N) is 6. The van der Waals surface area contributed by atoms with Crippen LogP contribution in [0.5, 0.6) is 0 Å². The van der Waals surface area contributed by atoms with Crippen molar-refractivity contribution in [3.8, 4) is 11.1 Å². The Labute approximate surface area is 265 Å². The summed E-state index contributed by atoms with van der Waals surface area (Å²) in [6, 6.07) is 10.2. The molecule has 0 spiro atoms. The second-order valence-electron chi connectivity index (χ2n) is 12.3. The van der Waals surface area contributed by atoms with Crippen LogP contribution in [0, 0.1) is 5.92 Å². The minimum atomic E-state index is -0.399. The summed E-state index contributed by atoms with van der Waals surface area (Å²) >= 11 is 1.46. The first-order valence-electron chi connectivity index (χ1n) is 15.7. The van der Waals surface area contributed by atoms with Crippen LogP contribution < -0.4 is 5.32 Å². The summed E-state index contributed by atoms with van der Waals surface area (Å²) < 4.78 is 6.78. The highest BCUT2D eigenvalue weighted by molar-refractivity contribution is 7.22. The van der Waals surface area contributed by atoms with Crippen LogP contribution in [0.25, 0.3) is 21.3 Å². The second kappa shape index (κ2) is 12.9. The van der Waals surface area contributed by atoms with Gasteiger partial charge in [-0.25, -0.2) is 15.0 Å². The molecule has 7 rings (SSSR count). The highest BCUT2D eigenvalue weighted by Gasteiger charge is 2.41. The zero-order chi connectivity index (χ0) is 30.9. The Morgan fingerprint density at radius 1 is 1.09 bits per heavy atom. The standard InChI is InChI=1S/C33H37N7O4S/c1-20-18-39(32(43)22-4-3-9-34-15-22)10-11-40(20)25-12-23(13-25)31(42)38-33-37-26-8-7-21(14-29(26)45-33)24-16-35-30(36-17-24)19-44-28-6-2-5-27(28)41/h3-4,7-9,14-17,20,23,25,27-28,41H,2,5-6,10-13,18-19H2,1H3,(H,37,38,42)/t20-,23?,25?,27-,28-/m0/s1. The van der Waals surface area contributed by atoms with Gasteiger partial charge in [0, 0.05) is 68.0 Å². The number of pyridine rings is 1. The molecule has 4 heterocycles. The average molecular weight is 628 g/mol. The fourth-order valence-corrected chi connectivity index (χ4v) is 7.58. The molecule has 4 aromatic rings. The lowest BCUT2D eigenvalue weighted by molar-refractivity contribution is -0.125. The predicted octanol–water partition coefficient (Wildman–Crippen LogP) is 4.14. The van der Waals surface area contributed by atoms with E-state index in [-0.39, 0.29) is 36.5 Å². The number of aliphatic hydroxyl groups excluding tert-OH is 1. The average Bonchev–Trinajstić information content (AvgIpc) is 3.64. The molecule has 45 heavy (non-hydrogen) atoms. The fraction of sp³-hybridized carbons (Fsp3) is 0.455. The first kappa shape index (κ1) is 29.8. The Morgan fingerprint density at radius 2 is 1.93 bits per heavy atom. The quantitative estimate of drug-likeness (QED) is 0.296. The molecular formula is C33H37N7O4S. The Balaban J connectivity index is 0.904. The van der Waals surface area contributed by atoms with Crippen molar-refractivity contribution >= 4 is 38.5 Å². The lowest BCUT2D eigenvalue weighted by Crippen LogP contribution is -2.60. The molecule has 3 aliphatic rings. The van der Waals surface area contributed by atoms with Crippen LogP contribution in [-0.2, 0) is 16.1 Å². The van der Waals surface area contributed by atoms with Crippen LogP contribution in [0.3, 0.4) is 0 Å². The molecule has 2 N–H and O–H groups in total. The van der Waals surface area contributed by atoms with E-state index in [9.17, 15) is 14.7 Å². The summed E-state index contributed by atoms with van der Waals surface area (Å²) in [5.74, 6) is 0.584. The SMILES string of the molecule is C[C@H]1CN(C(=O)c2cccnc2)CCN1C1CC(C(=O)Nc2nc3ccc(-c4cnc(CO[C@H]5CCC[C@@H]5O)nc4)cc3s2)C1. The molecule has 1 saturated heterocycles. The maximum absolute atomic E-state index is 13.1. The number of amides is 2. The molecule has 0 bridgehead atoms. The lowest BCUT2D eigenvalue weighted by atomic mass is 9.78. The van der Waals surface area contributed by atoms with Gasteiger partial charge in [0.25, 0.3) is 5.91 Å². The highest BCUT2D eigenvalue weighted by atomic mass is 32.1. The van der Waals surface area contributed by atoms with Gasteiger partial charge in [0.1, 0.15) is 6.61 Å². The van der Waals surface area contributed by atoms with Crippen molar-refractivity contribution in [1.82, 2.24) is 29.7 Å². The number of aromatic nitrogens is 4. The van der Waals surface area contributed by atoms with E-state index in [0.717, 1.165) is 60.0 Å². The number of fused-ring (bicyclic) bond motifs is 1. The van der Waals surface area contributed by atoms with Gasteiger partial charge in [-0.15, -0.1) is 0 Å². The number of rotatable bonds is 8. The number of benzene rings is 1. The van der Waals surface area contributed by atoms with Crippen LogP contribution in [0.2, 0.25) is 0 Å². The molecule has 11 nitrogen and oxygen atoms in total. The molecule has 0 radical (unpaired) electrons. The zero-order valence-corrected chi connectivity index (χ0v) is 26.0. The van der Waals surface area contributed by atoms with Crippen molar-refractivity contribution in [2.24, 2.45) is 5.92 Å². The number of thiazole rings is 1. The van der Waals surface area contributed by atoms with Crippen LogP contribution in [0.1, 0.15) is 55.2 Å². The van der Waals surface area contributed by atoms with Gasteiger partial charge in [-0.2, -0.15) is 0 Å². The van der Waals surface area contributed by atoms with E-state index >= 15 is 0 Å². The van der Waals surface area contributed by atoms with Gasteiger partial charge in [0.05, 0.1) is 28.0 Å². The van der Waals surface area contributed by atoms with Gasteiger partial charge in [0.2, 0.25) is 5.91 Å². The molecule has 3 atom stereocenters. The van der Waals surface area contributed by atoms with E-state index in [1.165, 1.54) is 11.3 Å². The molecule has 2 saturated carbocycles. The molecule has 2 aliphatic carbocycles. The molecule has 12 heteroatoms. The van der Waals surface area contributed by atoms with Crippen molar-refractivity contribution in [3.05, 3.63) is 66.5 Å². The Kier molecular flexibility index (Phi) is 8.54. The van der Waals surface area contributed by atoms with Crippen LogP contribution >= 0.6 is 11.3 Å². The smallest absolute Gasteiger partial charge is 0.255 e. The van der Waals surface area contributed by atoms with Gasteiger partial charge in [-0.1, -0.05) is 17.4 Å². The number of hydrogen-bond acceptors (Lipinski definition) is 10. The summed E-state index contributed by atoms with van der Waals surface area (Å²) in [4.78, 5) is 47.9. The van der Waals surface area contributed by atoms with Crippen molar-refractivity contribution in [2.45, 2.75) is 69.9 Å². The molecule has 0 unspecified atom stereocenters. The van der Waals surface area contributed by atoms with Gasteiger partial charge in [-0.05, 0) is 68.9 Å². The first-order valence-corrected chi connectivity index (χ1v) is 16.5. The van der Waals surface area contributed by atoms with Crippen molar-refractivity contribution in [3.63, 3.8) is 0 Å². The fourth-order valence-electron chi connectivity index (χ4n) is 6.67. The highest BCUT2D eigenvalue weighted by Crippen LogP contribution is 2.36.